The molecule has 136 valence electrons. The number of nitrogens with two attached hydrogens (primary N) is 1. The predicted octanol–water partition coefficient (Wildman–Crippen LogP) is 2.15. The molecular formula is C20H22N2O4. The number of hydrogen-bond acceptors (Lipinski definition) is 4. The van der Waals surface area contributed by atoms with Gasteiger partial charge in [0.15, 0.2) is 6.61 Å². The van der Waals surface area contributed by atoms with Crippen molar-refractivity contribution in [3.63, 3.8) is 0 Å². The van der Waals surface area contributed by atoms with E-state index in [9.17, 15) is 9.59 Å². The van der Waals surface area contributed by atoms with Crippen LogP contribution in [0, 0.1) is 0 Å². The Balaban J connectivity index is 1.59. The molecule has 2 N–H and O–H groups in total. The molecule has 6 nitrogen and oxygen atoms in total. The normalized spacial score (nSPS) is 19.8. The van der Waals surface area contributed by atoms with Crippen molar-refractivity contribution in [3.8, 4) is 5.75 Å². The molecule has 1 saturated heterocycles. The lowest BCUT2D eigenvalue weighted by Crippen LogP contribution is -2.47. The fourth-order valence-corrected chi connectivity index (χ4v) is 2.96. The van der Waals surface area contributed by atoms with Crippen LogP contribution in [0.15, 0.2) is 54.6 Å². The molecule has 1 heterocycles. The minimum Gasteiger partial charge on any atom is -0.484 e. The number of benzene rings is 2. The Hall–Kier alpha value is -2.86. The predicted molar refractivity (Wildman–Crippen MR) is 96.8 cm³/mol. The lowest BCUT2D eigenvalue weighted by Gasteiger charge is -2.37. The van der Waals surface area contributed by atoms with Crippen molar-refractivity contribution in [1.29, 1.82) is 0 Å². The smallest absolute Gasteiger partial charge is 0.260 e. The molecule has 26 heavy (non-hydrogen) atoms. The van der Waals surface area contributed by atoms with Gasteiger partial charge in [0, 0.05) is 12.1 Å². The molecule has 2 aromatic carbocycles. The average Bonchev–Trinajstić information content (AvgIpc) is 2.66. The summed E-state index contributed by atoms with van der Waals surface area (Å²) in [6, 6.07) is 16.3. The minimum atomic E-state index is -0.498. The van der Waals surface area contributed by atoms with Crippen molar-refractivity contribution in [2.75, 3.05) is 19.7 Å². The Kier molecular flexibility index (Phi) is 5.53. The summed E-state index contributed by atoms with van der Waals surface area (Å²) in [4.78, 5) is 25.4. The van der Waals surface area contributed by atoms with Crippen LogP contribution in [0.1, 0.15) is 28.9 Å². The van der Waals surface area contributed by atoms with E-state index in [1.807, 2.05) is 37.3 Å². The number of hydrogen-bond donors (Lipinski definition) is 1. The largest absolute Gasteiger partial charge is 0.484 e. The zero-order valence-electron chi connectivity index (χ0n) is 14.6. The van der Waals surface area contributed by atoms with Gasteiger partial charge in [0.1, 0.15) is 11.9 Å². The van der Waals surface area contributed by atoms with Gasteiger partial charge in [-0.1, -0.05) is 30.3 Å². The van der Waals surface area contributed by atoms with Crippen LogP contribution in [0.4, 0.5) is 0 Å². The molecule has 2 atom stereocenters. The summed E-state index contributed by atoms with van der Waals surface area (Å²) >= 11 is 0. The Labute approximate surface area is 152 Å². The molecule has 6 heteroatoms. The van der Waals surface area contributed by atoms with Gasteiger partial charge in [-0.15, -0.1) is 0 Å². The highest BCUT2D eigenvalue weighted by Gasteiger charge is 2.29. The Morgan fingerprint density at radius 3 is 2.46 bits per heavy atom. The number of ether oxygens (including phenoxy) is 2. The summed E-state index contributed by atoms with van der Waals surface area (Å²) < 4.78 is 11.5. The second-order valence-corrected chi connectivity index (χ2v) is 6.32. The maximum Gasteiger partial charge on any atom is 0.260 e. The van der Waals surface area contributed by atoms with Crippen molar-refractivity contribution >= 4 is 11.8 Å². The van der Waals surface area contributed by atoms with Gasteiger partial charge >= 0.3 is 0 Å². The molecule has 3 rings (SSSR count). The zero-order valence-corrected chi connectivity index (χ0v) is 14.6. The molecule has 0 aliphatic carbocycles. The number of rotatable bonds is 5. The van der Waals surface area contributed by atoms with Gasteiger partial charge in [0.2, 0.25) is 5.91 Å². The van der Waals surface area contributed by atoms with E-state index < -0.39 is 5.91 Å². The molecule has 0 aromatic heterocycles. The number of morpholine rings is 1. The average molecular weight is 354 g/mol. The summed E-state index contributed by atoms with van der Waals surface area (Å²) in [6.07, 6.45) is -0.188. The first-order valence-electron chi connectivity index (χ1n) is 8.54. The van der Waals surface area contributed by atoms with Crippen LogP contribution in [0.2, 0.25) is 0 Å². The van der Waals surface area contributed by atoms with Crippen molar-refractivity contribution in [3.05, 3.63) is 65.7 Å². The molecule has 2 aromatic rings. The highest BCUT2D eigenvalue weighted by atomic mass is 16.5. The first-order valence-corrected chi connectivity index (χ1v) is 8.54. The molecule has 0 unspecified atom stereocenters. The van der Waals surface area contributed by atoms with E-state index >= 15 is 0 Å². The van der Waals surface area contributed by atoms with E-state index in [4.69, 9.17) is 15.2 Å². The van der Waals surface area contributed by atoms with Crippen LogP contribution in [0.25, 0.3) is 0 Å². The van der Waals surface area contributed by atoms with E-state index in [1.54, 1.807) is 29.2 Å². The lowest BCUT2D eigenvalue weighted by molar-refractivity contribution is -0.146. The van der Waals surface area contributed by atoms with Crippen molar-refractivity contribution < 1.29 is 19.1 Å². The summed E-state index contributed by atoms with van der Waals surface area (Å²) in [7, 11) is 0. The van der Waals surface area contributed by atoms with Gasteiger partial charge in [0.05, 0.1) is 12.6 Å². The van der Waals surface area contributed by atoms with Crippen molar-refractivity contribution in [2.45, 2.75) is 19.1 Å². The van der Waals surface area contributed by atoms with Gasteiger partial charge < -0.3 is 20.1 Å². The molecule has 0 radical (unpaired) electrons. The number of nitrogens with zero attached hydrogens (tertiary/aromatic N) is 1. The lowest BCUT2D eigenvalue weighted by atomic mass is 10.1. The van der Waals surface area contributed by atoms with Gasteiger partial charge in [-0.05, 0) is 36.8 Å². The molecule has 1 aliphatic heterocycles. The highest BCUT2D eigenvalue weighted by molar-refractivity contribution is 5.92. The maximum absolute atomic E-state index is 12.5. The highest BCUT2D eigenvalue weighted by Crippen LogP contribution is 2.25. The zero-order chi connectivity index (χ0) is 18.5. The van der Waals surface area contributed by atoms with Gasteiger partial charge in [0.25, 0.3) is 5.91 Å². The molecule has 0 spiro atoms. The monoisotopic (exact) mass is 354 g/mol. The Morgan fingerprint density at radius 2 is 1.81 bits per heavy atom. The van der Waals surface area contributed by atoms with Gasteiger partial charge in [-0.3, -0.25) is 9.59 Å². The summed E-state index contributed by atoms with van der Waals surface area (Å²) in [5, 5.41) is 0. The number of primary amides is 1. The summed E-state index contributed by atoms with van der Waals surface area (Å²) in [6.45, 7) is 2.92. The van der Waals surface area contributed by atoms with E-state index in [0.29, 0.717) is 24.4 Å². The van der Waals surface area contributed by atoms with Crippen LogP contribution in [-0.4, -0.2) is 42.5 Å². The van der Waals surface area contributed by atoms with Crippen LogP contribution in [-0.2, 0) is 9.53 Å². The Bertz CT molecular complexity index is 761. The van der Waals surface area contributed by atoms with Crippen LogP contribution in [0.3, 0.4) is 0 Å². The van der Waals surface area contributed by atoms with Crippen molar-refractivity contribution in [2.24, 2.45) is 5.73 Å². The second kappa shape index (κ2) is 8.01. The van der Waals surface area contributed by atoms with Crippen LogP contribution in [0.5, 0.6) is 5.75 Å². The van der Waals surface area contributed by atoms with E-state index in [1.165, 1.54) is 0 Å². The molecule has 2 amide bonds. The quantitative estimate of drug-likeness (QED) is 0.892. The van der Waals surface area contributed by atoms with Crippen molar-refractivity contribution in [1.82, 2.24) is 4.90 Å². The first kappa shape index (κ1) is 17.9. The van der Waals surface area contributed by atoms with Crippen LogP contribution < -0.4 is 10.5 Å². The molecule has 0 saturated carbocycles. The number of carbonyl (C=O) groups is 2. The van der Waals surface area contributed by atoms with Gasteiger partial charge in [-0.25, -0.2) is 0 Å². The third-order valence-electron chi connectivity index (χ3n) is 4.29. The van der Waals surface area contributed by atoms with E-state index in [0.717, 1.165) is 5.56 Å². The van der Waals surface area contributed by atoms with E-state index in [-0.39, 0.29) is 24.7 Å². The fraction of sp³-hybridized carbons (Fsp3) is 0.300. The topological polar surface area (TPSA) is 81.9 Å². The fourth-order valence-electron chi connectivity index (χ4n) is 2.96. The molecule has 0 bridgehead atoms. The van der Waals surface area contributed by atoms with E-state index in [2.05, 4.69) is 0 Å². The molecule has 1 aliphatic rings. The first-order chi connectivity index (χ1) is 12.5. The number of amides is 2. The summed E-state index contributed by atoms with van der Waals surface area (Å²) in [5.74, 6) is -0.0776. The van der Waals surface area contributed by atoms with Crippen LogP contribution >= 0.6 is 0 Å². The standard InChI is InChI=1S/C20H22N2O4/c1-14-11-22(12-18(26-14)15-5-3-2-4-6-15)19(23)13-25-17-9-7-16(8-10-17)20(21)24/h2-10,14,18H,11-13H2,1H3,(H2,21,24)/t14-,18+/m1/s1. The minimum absolute atomic E-state index is 0.0484. The SMILES string of the molecule is C[C@@H]1CN(C(=O)COc2ccc(C(N)=O)cc2)C[C@@H](c2ccccc2)O1. The van der Waals surface area contributed by atoms with Gasteiger partial charge in [-0.2, -0.15) is 0 Å². The maximum atomic E-state index is 12.5. The summed E-state index contributed by atoms with van der Waals surface area (Å²) in [5.41, 5.74) is 6.66. The second-order valence-electron chi connectivity index (χ2n) is 6.32. The third-order valence-corrected chi connectivity index (χ3v) is 4.29. The number of carbonyl (C=O) groups excluding carboxylic acids is 2. The third kappa shape index (κ3) is 4.40. The Morgan fingerprint density at radius 1 is 1.12 bits per heavy atom. The molecule has 1 fully saturated rings. The molecular weight excluding hydrogens is 332 g/mol.